The highest BCUT2D eigenvalue weighted by Gasteiger charge is 2.43. The molecule has 0 radical (unpaired) electrons. The monoisotopic (exact) mass is 433 g/mol. The number of hydrogen-bond acceptors (Lipinski definition) is 7. The van der Waals surface area contributed by atoms with E-state index < -0.39 is 23.2 Å². The van der Waals surface area contributed by atoms with Gasteiger partial charge in [0.25, 0.3) is 0 Å². The standard InChI is InChI=1S/C20H23N3O4S2/c1-19(2,3)27-18(26)21-10-15-22-14(11-28-15)16-23-20(12-29-16,17(24)25)9-13-7-5-4-6-8-13/h4-8,11H,9-10,12H2,1-3H3,(H,21,26)(H,24,25)/t20-/m0/s1. The molecule has 0 spiro atoms. The Morgan fingerprint density at radius 3 is 2.66 bits per heavy atom. The van der Waals surface area contributed by atoms with Gasteiger partial charge in [-0.25, -0.2) is 14.6 Å². The van der Waals surface area contributed by atoms with Crippen molar-refractivity contribution in [1.29, 1.82) is 0 Å². The van der Waals surface area contributed by atoms with Crippen LogP contribution in [0.3, 0.4) is 0 Å². The maximum absolute atomic E-state index is 12.0. The molecule has 1 aromatic heterocycles. The largest absolute Gasteiger partial charge is 0.479 e. The van der Waals surface area contributed by atoms with Crippen LogP contribution < -0.4 is 5.32 Å². The quantitative estimate of drug-likeness (QED) is 0.720. The summed E-state index contributed by atoms with van der Waals surface area (Å²) in [5, 5.41) is 15.7. The highest BCUT2D eigenvalue weighted by atomic mass is 32.2. The zero-order chi connectivity index (χ0) is 21.1. The number of ether oxygens (including phenoxy) is 1. The van der Waals surface area contributed by atoms with E-state index in [9.17, 15) is 14.7 Å². The van der Waals surface area contributed by atoms with Crippen LogP contribution in [0, 0.1) is 0 Å². The molecule has 29 heavy (non-hydrogen) atoms. The van der Waals surface area contributed by atoms with Crippen molar-refractivity contribution in [1.82, 2.24) is 10.3 Å². The lowest BCUT2D eigenvalue weighted by molar-refractivity contribution is -0.142. The predicted octanol–water partition coefficient (Wildman–Crippen LogP) is 3.73. The number of alkyl carbamates (subject to hydrolysis) is 1. The Kier molecular flexibility index (Phi) is 6.28. The van der Waals surface area contributed by atoms with E-state index in [0.29, 0.717) is 27.9 Å². The second kappa shape index (κ2) is 8.54. The Hall–Kier alpha value is -2.39. The van der Waals surface area contributed by atoms with Crippen LogP contribution in [0.2, 0.25) is 0 Å². The highest BCUT2D eigenvalue weighted by Crippen LogP contribution is 2.34. The van der Waals surface area contributed by atoms with E-state index in [-0.39, 0.29) is 6.54 Å². The molecule has 1 amide bonds. The maximum atomic E-state index is 12.0. The molecule has 0 saturated carbocycles. The van der Waals surface area contributed by atoms with Gasteiger partial charge in [-0.05, 0) is 26.3 Å². The van der Waals surface area contributed by atoms with E-state index >= 15 is 0 Å². The number of carboxylic acids is 1. The molecule has 0 saturated heterocycles. The third-order valence-corrected chi connectivity index (χ3v) is 6.10. The molecule has 9 heteroatoms. The summed E-state index contributed by atoms with van der Waals surface area (Å²) in [7, 11) is 0. The number of thiazole rings is 1. The average Bonchev–Trinajstić information content (AvgIpc) is 3.27. The van der Waals surface area contributed by atoms with E-state index in [0.717, 1.165) is 5.56 Å². The molecule has 1 aliphatic heterocycles. The van der Waals surface area contributed by atoms with Gasteiger partial charge in [0.2, 0.25) is 0 Å². The van der Waals surface area contributed by atoms with E-state index in [2.05, 4.69) is 15.3 Å². The summed E-state index contributed by atoms with van der Waals surface area (Å²) in [6.45, 7) is 5.64. The number of aromatic nitrogens is 1. The van der Waals surface area contributed by atoms with Crippen molar-refractivity contribution in [2.45, 2.75) is 44.9 Å². The summed E-state index contributed by atoms with van der Waals surface area (Å²) in [4.78, 5) is 32.8. The molecule has 1 aliphatic rings. The second-order valence-corrected chi connectivity index (χ2v) is 9.59. The van der Waals surface area contributed by atoms with Crippen LogP contribution >= 0.6 is 23.1 Å². The van der Waals surface area contributed by atoms with Crippen LogP contribution in [0.25, 0.3) is 0 Å². The topological polar surface area (TPSA) is 101 Å². The third kappa shape index (κ3) is 5.57. The second-order valence-electron chi connectivity index (χ2n) is 7.69. The molecule has 0 aliphatic carbocycles. The number of nitrogens with zero attached hydrogens (tertiary/aromatic N) is 2. The minimum absolute atomic E-state index is 0.242. The van der Waals surface area contributed by atoms with Crippen molar-refractivity contribution in [2.75, 3.05) is 5.75 Å². The first kappa shape index (κ1) is 21.3. The maximum Gasteiger partial charge on any atom is 0.408 e. The predicted molar refractivity (Wildman–Crippen MR) is 115 cm³/mol. The number of aliphatic carboxylic acids is 1. The molecule has 2 heterocycles. The number of amides is 1. The van der Waals surface area contributed by atoms with Crippen molar-refractivity contribution in [3.63, 3.8) is 0 Å². The molecule has 0 unspecified atom stereocenters. The molecular weight excluding hydrogens is 410 g/mol. The van der Waals surface area contributed by atoms with Gasteiger partial charge < -0.3 is 15.2 Å². The lowest BCUT2D eigenvalue weighted by Gasteiger charge is -2.19. The normalized spacial score (nSPS) is 18.9. The summed E-state index contributed by atoms with van der Waals surface area (Å²) in [6.07, 6.45) is -0.175. The van der Waals surface area contributed by atoms with Gasteiger partial charge in [-0.3, -0.25) is 4.99 Å². The van der Waals surface area contributed by atoms with Crippen molar-refractivity contribution in [3.8, 4) is 0 Å². The number of carboxylic acid groups (broad SMARTS) is 1. The van der Waals surface area contributed by atoms with E-state index in [1.807, 2.05) is 35.7 Å². The van der Waals surface area contributed by atoms with Gasteiger partial charge in [-0.2, -0.15) is 0 Å². The van der Waals surface area contributed by atoms with Gasteiger partial charge >= 0.3 is 12.1 Å². The number of carbonyl (C=O) groups excluding carboxylic acids is 1. The van der Waals surface area contributed by atoms with Gasteiger partial charge in [0.15, 0.2) is 5.54 Å². The average molecular weight is 434 g/mol. The zero-order valence-electron chi connectivity index (χ0n) is 16.5. The fourth-order valence-corrected chi connectivity index (χ4v) is 4.69. The van der Waals surface area contributed by atoms with Crippen molar-refractivity contribution in [3.05, 3.63) is 52.0 Å². The number of rotatable bonds is 6. The summed E-state index contributed by atoms with van der Waals surface area (Å²) >= 11 is 2.78. The Morgan fingerprint density at radius 1 is 1.28 bits per heavy atom. The molecule has 2 aromatic rings. The fourth-order valence-electron chi connectivity index (χ4n) is 2.74. The first-order chi connectivity index (χ1) is 13.7. The summed E-state index contributed by atoms with van der Waals surface area (Å²) in [5.74, 6) is -0.582. The lowest BCUT2D eigenvalue weighted by atomic mass is 9.93. The van der Waals surface area contributed by atoms with Gasteiger partial charge in [-0.1, -0.05) is 30.3 Å². The number of thioether (sulfide) groups is 1. The van der Waals surface area contributed by atoms with Crippen molar-refractivity contribution < 1.29 is 19.4 Å². The molecular formula is C20H23N3O4S2. The Labute approximate surface area is 177 Å². The number of benzene rings is 1. The molecule has 3 rings (SSSR count). The van der Waals surface area contributed by atoms with E-state index in [1.165, 1.54) is 23.1 Å². The fraction of sp³-hybridized carbons (Fsp3) is 0.400. The molecule has 2 N–H and O–H groups in total. The number of hydrogen-bond donors (Lipinski definition) is 2. The SMILES string of the molecule is CC(C)(C)OC(=O)NCc1nc(C2=N[C@](Cc3ccccc3)(C(=O)O)CS2)cs1. The van der Waals surface area contributed by atoms with Crippen molar-refractivity contribution in [2.24, 2.45) is 4.99 Å². The van der Waals surface area contributed by atoms with Crippen LogP contribution in [0.5, 0.6) is 0 Å². The minimum atomic E-state index is -1.19. The molecule has 0 fully saturated rings. The molecule has 1 aromatic carbocycles. The minimum Gasteiger partial charge on any atom is -0.479 e. The first-order valence-electron chi connectivity index (χ1n) is 9.08. The number of aliphatic imine (C=N–C) groups is 1. The Morgan fingerprint density at radius 2 is 2.00 bits per heavy atom. The third-order valence-electron chi connectivity index (χ3n) is 4.05. The summed E-state index contributed by atoms with van der Waals surface area (Å²) < 4.78 is 5.21. The van der Waals surface area contributed by atoms with Crippen LogP contribution in [-0.2, 0) is 22.5 Å². The van der Waals surface area contributed by atoms with Gasteiger partial charge in [0.1, 0.15) is 21.3 Å². The van der Waals surface area contributed by atoms with Gasteiger partial charge in [0.05, 0.1) is 6.54 Å². The zero-order valence-corrected chi connectivity index (χ0v) is 18.1. The van der Waals surface area contributed by atoms with Gasteiger partial charge in [-0.15, -0.1) is 23.1 Å². The number of carbonyl (C=O) groups is 2. The van der Waals surface area contributed by atoms with Crippen molar-refractivity contribution >= 4 is 40.2 Å². The van der Waals surface area contributed by atoms with Crippen LogP contribution in [0.15, 0.2) is 40.7 Å². The van der Waals surface area contributed by atoms with E-state index in [1.54, 1.807) is 20.8 Å². The molecule has 7 nitrogen and oxygen atoms in total. The lowest BCUT2D eigenvalue weighted by Crippen LogP contribution is -2.39. The summed E-state index contributed by atoms with van der Waals surface area (Å²) in [5.41, 5.74) is -0.190. The summed E-state index contributed by atoms with van der Waals surface area (Å²) in [6, 6.07) is 9.50. The molecule has 1 atom stereocenters. The molecule has 0 bridgehead atoms. The van der Waals surface area contributed by atoms with Crippen LogP contribution in [0.4, 0.5) is 4.79 Å². The Balaban J connectivity index is 1.69. The number of nitrogens with one attached hydrogen (secondary N) is 1. The van der Waals surface area contributed by atoms with Crippen LogP contribution in [-0.4, -0.2) is 44.1 Å². The smallest absolute Gasteiger partial charge is 0.408 e. The highest BCUT2D eigenvalue weighted by molar-refractivity contribution is 8.14. The van der Waals surface area contributed by atoms with Crippen LogP contribution in [0.1, 0.15) is 37.0 Å². The Bertz CT molecular complexity index is 921. The van der Waals surface area contributed by atoms with E-state index in [4.69, 9.17) is 4.74 Å². The first-order valence-corrected chi connectivity index (χ1v) is 10.9. The molecule has 154 valence electrons. The van der Waals surface area contributed by atoms with Gasteiger partial charge in [0, 0.05) is 17.6 Å².